The van der Waals surface area contributed by atoms with Gasteiger partial charge in [-0.05, 0) is 33.0 Å². The van der Waals surface area contributed by atoms with Crippen LogP contribution in [0.25, 0.3) is 0 Å². The van der Waals surface area contributed by atoms with Gasteiger partial charge >= 0.3 is 0 Å². The summed E-state index contributed by atoms with van der Waals surface area (Å²) in [7, 11) is 3.94. The van der Waals surface area contributed by atoms with Crippen molar-refractivity contribution in [3.63, 3.8) is 0 Å². The van der Waals surface area contributed by atoms with E-state index >= 15 is 0 Å². The first kappa shape index (κ1) is 15.4. The molecule has 0 radical (unpaired) electrons. The summed E-state index contributed by atoms with van der Waals surface area (Å²) in [4.78, 5) is 20.3. The van der Waals surface area contributed by atoms with E-state index < -0.39 is 0 Å². The van der Waals surface area contributed by atoms with Crippen molar-refractivity contribution in [2.75, 3.05) is 45.2 Å². The number of hydrogen-bond donors (Lipinski definition) is 1. The fourth-order valence-corrected chi connectivity index (χ4v) is 1.86. The molecule has 5 heteroatoms. The minimum Gasteiger partial charge on any atom is -0.373 e. The molecule has 0 unspecified atom stereocenters. The molecular weight excluding hydrogens is 240 g/mol. The molecule has 0 saturated carbocycles. The first-order valence-corrected chi connectivity index (χ1v) is 6.75. The van der Waals surface area contributed by atoms with Gasteiger partial charge in [-0.3, -0.25) is 9.78 Å². The molecule has 1 N–H and O–H groups in total. The average Bonchev–Trinajstić information content (AvgIpc) is 2.46. The molecule has 0 atom stereocenters. The lowest BCUT2D eigenvalue weighted by atomic mass is 10.2. The van der Waals surface area contributed by atoms with Crippen molar-refractivity contribution in [2.24, 2.45) is 0 Å². The average molecular weight is 264 g/mol. The van der Waals surface area contributed by atoms with Crippen LogP contribution in [0.4, 0.5) is 5.69 Å². The summed E-state index contributed by atoms with van der Waals surface area (Å²) >= 11 is 0. The molecule has 106 valence electrons. The monoisotopic (exact) mass is 264 g/mol. The van der Waals surface area contributed by atoms with Crippen molar-refractivity contribution in [2.45, 2.75) is 13.8 Å². The van der Waals surface area contributed by atoms with Crippen molar-refractivity contribution in [1.29, 1.82) is 0 Å². The molecule has 1 heterocycles. The van der Waals surface area contributed by atoms with Crippen LogP contribution < -0.4 is 10.2 Å². The van der Waals surface area contributed by atoms with Crippen molar-refractivity contribution in [1.82, 2.24) is 15.2 Å². The smallest absolute Gasteiger partial charge is 0.272 e. The zero-order valence-corrected chi connectivity index (χ0v) is 12.3. The number of carbonyl (C=O) groups excluding carboxylic acids is 1. The molecule has 0 fully saturated rings. The summed E-state index contributed by atoms with van der Waals surface area (Å²) < 4.78 is 0. The highest BCUT2D eigenvalue weighted by atomic mass is 16.2. The highest BCUT2D eigenvalue weighted by molar-refractivity contribution is 5.93. The predicted molar refractivity (Wildman–Crippen MR) is 78.7 cm³/mol. The Labute approximate surface area is 115 Å². The third kappa shape index (κ3) is 4.21. The fourth-order valence-electron chi connectivity index (χ4n) is 1.86. The van der Waals surface area contributed by atoms with Gasteiger partial charge in [0.1, 0.15) is 5.69 Å². The number of aromatic nitrogens is 1. The zero-order valence-electron chi connectivity index (χ0n) is 12.3. The lowest BCUT2D eigenvalue weighted by Crippen LogP contribution is -2.31. The largest absolute Gasteiger partial charge is 0.373 e. The standard InChI is InChI=1S/C14H24N4O/c1-5-18(6-2)14(19)13-11-12(7-8-16-13)17(4)10-9-15-3/h7-8,11,15H,5-6,9-10H2,1-4H3. The molecule has 0 aliphatic rings. The number of nitrogens with one attached hydrogen (secondary N) is 1. The molecule has 1 aromatic rings. The van der Waals surface area contributed by atoms with E-state index in [2.05, 4.69) is 15.2 Å². The van der Waals surface area contributed by atoms with E-state index in [-0.39, 0.29) is 5.91 Å². The van der Waals surface area contributed by atoms with Crippen LogP contribution in [0.1, 0.15) is 24.3 Å². The number of hydrogen-bond acceptors (Lipinski definition) is 4. The number of nitrogens with zero attached hydrogens (tertiary/aromatic N) is 3. The number of likely N-dealkylation sites (N-methyl/N-ethyl adjacent to an activating group) is 2. The van der Waals surface area contributed by atoms with Crippen molar-refractivity contribution in [3.8, 4) is 0 Å². The Hall–Kier alpha value is -1.62. The van der Waals surface area contributed by atoms with Gasteiger partial charge in [-0.1, -0.05) is 0 Å². The minimum atomic E-state index is -0.00568. The Bertz CT molecular complexity index is 404. The van der Waals surface area contributed by atoms with Crippen LogP contribution in [0.2, 0.25) is 0 Å². The molecule has 19 heavy (non-hydrogen) atoms. The zero-order chi connectivity index (χ0) is 14.3. The number of carbonyl (C=O) groups is 1. The maximum Gasteiger partial charge on any atom is 0.272 e. The summed E-state index contributed by atoms with van der Waals surface area (Å²) in [6.07, 6.45) is 1.70. The van der Waals surface area contributed by atoms with E-state index in [9.17, 15) is 4.79 Å². The second kappa shape index (κ2) is 7.74. The number of amides is 1. The van der Waals surface area contributed by atoms with Gasteiger partial charge in [-0.25, -0.2) is 0 Å². The van der Waals surface area contributed by atoms with E-state index in [1.54, 1.807) is 11.1 Å². The van der Waals surface area contributed by atoms with Gasteiger partial charge in [-0.15, -0.1) is 0 Å². The first-order valence-electron chi connectivity index (χ1n) is 6.75. The van der Waals surface area contributed by atoms with E-state index in [1.165, 1.54) is 0 Å². The molecule has 0 aliphatic heterocycles. The molecule has 1 aromatic heterocycles. The van der Waals surface area contributed by atoms with Crippen molar-refractivity contribution in [3.05, 3.63) is 24.0 Å². The van der Waals surface area contributed by atoms with Gasteiger partial charge in [-0.2, -0.15) is 0 Å². The second-order valence-corrected chi connectivity index (χ2v) is 4.40. The normalized spacial score (nSPS) is 10.3. The van der Waals surface area contributed by atoms with Crippen LogP contribution in [-0.2, 0) is 0 Å². The van der Waals surface area contributed by atoms with Gasteiger partial charge in [0.2, 0.25) is 0 Å². The van der Waals surface area contributed by atoms with Crippen molar-refractivity contribution < 1.29 is 4.79 Å². The number of anilines is 1. The Balaban J connectivity index is 2.84. The highest BCUT2D eigenvalue weighted by Gasteiger charge is 2.14. The van der Waals surface area contributed by atoms with E-state index in [4.69, 9.17) is 0 Å². The van der Waals surface area contributed by atoms with Crippen LogP contribution in [-0.4, -0.2) is 56.1 Å². The topological polar surface area (TPSA) is 48.5 Å². The van der Waals surface area contributed by atoms with Crippen LogP contribution in [0.3, 0.4) is 0 Å². The van der Waals surface area contributed by atoms with Crippen LogP contribution in [0, 0.1) is 0 Å². The van der Waals surface area contributed by atoms with Gasteiger partial charge in [0.15, 0.2) is 0 Å². The minimum absolute atomic E-state index is 0.00568. The molecule has 1 amide bonds. The van der Waals surface area contributed by atoms with Crippen molar-refractivity contribution >= 4 is 11.6 Å². The summed E-state index contributed by atoms with van der Waals surface area (Å²) in [5.74, 6) is -0.00568. The van der Waals surface area contributed by atoms with Gasteiger partial charge in [0.25, 0.3) is 5.91 Å². The molecule has 0 spiro atoms. The predicted octanol–water partition coefficient (Wildman–Crippen LogP) is 1.22. The van der Waals surface area contributed by atoms with E-state index in [1.807, 2.05) is 40.1 Å². The maximum atomic E-state index is 12.2. The fraction of sp³-hybridized carbons (Fsp3) is 0.571. The summed E-state index contributed by atoms with van der Waals surface area (Å²) in [6, 6.07) is 3.78. The number of rotatable bonds is 7. The number of pyridine rings is 1. The Morgan fingerprint density at radius 2 is 2.05 bits per heavy atom. The summed E-state index contributed by atoms with van der Waals surface area (Å²) in [6.45, 7) is 7.15. The summed E-state index contributed by atoms with van der Waals surface area (Å²) in [5, 5.41) is 3.11. The molecular formula is C14H24N4O. The molecule has 0 bridgehead atoms. The van der Waals surface area contributed by atoms with Gasteiger partial charge in [0.05, 0.1) is 0 Å². The van der Waals surface area contributed by atoms with E-state index in [0.29, 0.717) is 18.8 Å². The second-order valence-electron chi connectivity index (χ2n) is 4.40. The van der Waals surface area contributed by atoms with Gasteiger partial charge in [0, 0.05) is 45.1 Å². The van der Waals surface area contributed by atoms with Crippen LogP contribution >= 0.6 is 0 Å². The lowest BCUT2D eigenvalue weighted by molar-refractivity contribution is 0.0767. The molecule has 0 aromatic carbocycles. The molecule has 0 saturated heterocycles. The molecule has 0 aliphatic carbocycles. The summed E-state index contributed by atoms with van der Waals surface area (Å²) in [5.41, 5.74) is 1.53. The molecule has 5 nitrogen and oxygen atoms in total. The highest BCUT2D eigenvalue weighted by Crippen LogP contribution is 2.13. The SMILES string of the molecule is CCN(CC)C(=O)c1cc(N(C)CCNC)ccn1. The third-order valence-electron chi connectivity index (χ3n) is 3.15. The van der Waals surface area contributed by atoms with Crippen LogP contribution in [0.5, 0.6) is 0 Å². The third-order valence-corrected chi connectivity index (χ3v) is 3.15. The first-order chi connectivity index (χ1) is 9.13. The Morgan fingerprint density at radius 1 is 1.37 bits per heavy atom. The Kier molecular flexibility index (Phi) is 6.29. The van der Waals surface area contributed by atoms with E-state index in [0.717, 1.165) is 18.8 Å². The Morgan fingerprint density at radius 3 is 2.63 bits per heavy atom. The lowest BCUT2D eigenvalue weighted by Gasteiger charge is -2.21. The maximum absolute atomic E-state index is 12.2. The molecule has 1 rings (SSSR count). The van der Waals surface area contributed by atoms with Gasteiger partial charge < -0.3 is 15.1 Å². The van der Waals surface area contributed by atoms with Crippen LogP contribution in [0.15, 0.2) is 18.3 Å². The quantitative estimate of drug-likeness (QED) is 0.804.